The number of hydrogen-bond acceptors (Lipinski definition) is 4. The van der Waals surface area contributed by atoms with Crippen LogP contribution in [0.5, 0.6) is 5.75 Å². The summed E-state index contributed by atoms with van der Waals surface area (Å²) >= 11 is 0. The Hall–Kier alpha value is -2.28. The minimum Gasteiger partial charge on any atom is -0.494 e. The Morgan fingerprint density at radius 3 is 2.69 bits per heavy atom. The van der Waals surface area contributed by atoms with Crippen molar-refractivity contribution < 1.29 is 9.53 Å². The molecular weight excluding hydrogens is 366 g/mol. The van der Waals surface area contributed by atoms with Crippen LogP contribution in [0, 0.1) is 0 Å². The number of amides is 1. The van der Waals surface area contributed by atoms with Gasteiger partial charge in [-0.3, -0.25) is 4.79 Å². The zero-order valence-electron chi connectivity index (χ0n) is 18.4. The molecule has 1 aliphatic rings. The van der Waals surface area contributed by atoms with E-state index in [1.165, 1.54) is 0 Å². The molecule has 1 aromatic carbocycles. The fourth-order valence-corrected chi connectivity index (χ4v) is 3.27. The molecule has 0 aromatic heterocycles. The monoisotopic (exact) mass is 403 g/mol. The van der Waals surface area contributed by atoms with Crippen LogP contribution >= 0.6 is 0 Å². The van der Waals surface area contributed by atoms with Gasteiger partial charge in [0, 0.05) is 38.6 Å². The molecule has 1 amide bonds. The first-order valence-electron chi connectivity index (χ1n) is 10.7. The number of nitrogens with one attached hydrogen (secondary N) is 2. The Balaban J connectivity index is 1.82. The predicted molar refractivity (Wildman–Crippen MR) is 118 cm³/mol. The molecule has 0 bridgehead atoms. The Labute approximate surface area is 175 Å². The van der Waals surface area contributed by atoms with Gasteiger partial charge in [0.15, 0.2) is 5.96 Å². The van der Waals surface area contributed by atoms with Crippen molar-refractivity contribution in [2.24, 2.45) is 4.99 Å². The van der Waals surface area contributed by atoms with Gasteiger partial charge in [0.05, 0.1) is 13.2 Å². The Bertz CT molecular complexity index is 645. The van der Waals surface area contributed by atoms with Crippen LogP contribution in [-0.4, -0.2) is 74.6 Å². The van der Waals surface area contributed by atoms with E-state index in [2.05, 4.69) is 48.7 Å². The number of likely N-dealkylation sites (tertiary alicyclic amines) is 1. The van der Waals surface area contributed by atoms with Crippen molar-refractivity contribution in [2.75, 3.05) is 46.9 Å². The molecule has 0 radical (unpaired) electrons. The summed E-state index contributed by atoms with van der Waals surface area (Å²) in [5.41, 5.74) is 1.14. The molecule has 2 N–H and O–H groups in total. The third-order valence-corrected chi connectivity index (χ3v) is 4.89. The average molecular weight is 404 g/mol. The van der Waals surface area contributed by atoms with E-state index in [4.69, 9.17) is 9.73 Å². The molecule has 1 aromatic rings. The zero-order chi connectivity index (χ0) is 21.1. The lowest BCUT2D eigenvalue weighted by Gasteiger charge is -2.18. The van der Waals surface area contributed by atoms with E-state index in [-0.39, 0.29) is 11.9 Å². The van der Waals surface area contributed by atoms with Gasteiger partial charge in [0.1, 0.15) is 5.75 Å². The summed E-state index contributed by atoms with van der Waals surface area (Å²) in [6, 6.07) is 8.39. The van der Waals surface area contributed by atoms with Crippen LogP contribution in [0.3, 0.4) is 0 Å². The van der Waals surface area contributed by atoms with Crippen LogP contribution in [0.2, 0.25) is 0 Å². The highest BCUT2D eigenvalue weighted by Crippen LogP contribution is 2.14. The smallest absolute Gasteiger partial charge is 0.222 e. The topological polar surface area (TPSA) is 69.2 Å². The summed E-state index contributed by atoms with van der Waals surface area (Å²) in [4.78, 5) is 20.7. The molecule has 0 spiro atoms. The third kappa shape index (κ3) is 8.31. The first kappa shape index (κ1) is 23.0. The number of aliphatic imine (C=N–C) groups is 1. The number of nitrogens with zero attached hydrogens (tertiary/aromatic N) is 3. The zero-order valence-corrected chi connectivity index (χ0v) is 18.4. The second-order valence-electron chi connectivity index (χ2n) is 7.67. The molecule has 1 saturated heterocycles. The molecule has 1 fully saturated rings. The van der Waals surface area contributed by atoms with Crippen LogP contribution in [0.4, 0.5) is 0 Å². The van der Waals surface area contributed by atoms with Gasteiger partial charge in [-0.1, -0.05) is 19.1 Å². The lowest BCUT2D eigenvalue weighted by atomic mass is 10.2. The van der Waals surface area contributed by atoms with Crippen molar-refractivity contribution in [3.63, 3.8) is 0 Å². The van der Waals surface area contributed by atoms with Gasteiger partial charge >= 0.3 is 0 Å². The number of benzene rings is 1. The molecule has 0 saturated carbocycles. The second kappa shape index (κ2) is 12.3. The molecule has 7 heteroatoms. The number of ether oxygens (including phenoxy) is 1. The average Bonchev–Trinajstić information content (AvgIpc) is 3.18. The van der Waals surface area contributed by atoms with Crippen LogP contribution in [0.1, 0.15) is 38.7 Å². The van der Waals surface area contributed by atoms with Gasteiger partial charge in [-0.15, -0.1) is 0 Å². The maximum absolute atomic E-state index is 11.9. The van der Waals surface area contributed by atoms with E-state index >= 15 is 0 Å². The molecule has 1 unspecified atom stereocenters. The molecule has 1 heterocycles. The van der Waals surface area contributed by atoms with Gasteiger partial charge in [-0.2, -0.15) is 0 Å². The van der Waals surface area contributed by atoms with Crippen molar-refractivity contribution in [3.05, 3.63) is 29.8 Å². The van der Waals surface area contributed by atoms with Crippen molar-refractivity contribution in [3.8, 4) is 5.75 Å². The fraction of sp³-hybridized carbons (Fsp3) is 0.636. The highest BCUT2D eigenvalue weighted by molar-refractivity contribution is 5.80. The number of carbonyl (C=O) groups excluding carboxylic acids is 1. The second-order valence-corrected chi connectivity index (χ2v) is 7.67. The number of hydrogen-bond donors (Lipinski definition) is 2. The largest absolute Gasteiger partial charge is 0.494 e. The molecule has 1 atom stereocenters. The highest BCUT2D eigenvalue weighted by Gasteiger charge is 2.25. The lowest BCUT2D eigenvalue weighted by Crippen LogP contribution is -2.45. The quantitative estimate of drug-likeness (QED) is 0.356. The standard InChI is InChI=1S/C22H37N5O2/c1-5-21(28)27-14-12-19(17-27)25-22(23-6-2)24-16-18-8-10-20(11-9-18)29-15-7-13-26(3)4/h8-11,19H,5-7,12-17H2,1-4H3,(H2,23,24,25). The fourth-order valence-electron chi connectivity index (χ4n) is 3.27. The molecule has 0 aliphatic carbocycles. The SMILES string of the molecule is CCNC(=NCc1ccc(OCCCN(C)C)cc1)NC1CCN(C(=O)CC)C1. The number of rotatable bonds is 10. The van der Waals surface area contributed by atoms with Crippen LogP contribution in [0.15, 0.2) is 29.3 Å². The van der Waals surface area contributed by atoms with Gasteiger partial charge in [0.25, 0.3) is 0 Å². The van der Waals surface area contributed by atoms with E-state index < -0.39 is 0 Å². The Morgan fingerprint density at radius 1 is 1.28 bits per heavy atom. The predicted octanol–water partition coefficient (Wildman–Crippen LogP) is 2.08. The van der Waals surface area contributed by atoms with E-state index in [0.29, 0.717) is 13.0 Å². The van der Waals surface area contributed by atoms with E-state index in [1.807, 2.05) is 24.0 Å². The van der Waals surface area contributed by atoms with E-state index in [0.717, 1.165) is 62.9 Å². The normalized spacial score (nSPS) is 16.9. The molecule has 7 nitrogen and oxygen atoms in total. The maximum Gasteiger partial charge on any atom is 0.222 e. The molecule has 2 rings (SSSR count). The van der Waals surface area contributed by atoms with Gasteiger partial charge in [-0.25, -0.2) is 4.99 Å². The first-order chi connectivity index (χ1) is 14.0. The molecule has 29 heavy (non-hydrogen) atoms. The van der Waals surface area contributed by atoms with Gasteiger partial charge < -0.3 is 25.2 Å². The lowest BCUT2D eigenvalue weighted by molar-refractivity contribution is -0.129. The van der Waals surface area contributed by atoms with Gasteiger partial charge in [0.2, 0.25) is 5.91 Å². The molecular formula is C22H37N5O2. The van der Waals surface area contributed by atoms with Crippen molar-refractivity contribution >= 4 is 11.9 Å². The summed E-state index contributed by atoms with van der Waals surface area (Å²) in [7, 11) is 4.14. The van der Waals surface area contributed by atoms with E-state index in [9.17, 15) is 4.79 Å². The minimum atomic E-state index is 0.222. The van der Waals surface area contributed by atoms with Crippen molar-refractivity contribution in [2.45, 2.75) is 45.7 Å². The molecule has 1 aliphatic heterocycles. The number of carbonyl (C=O) groups is 1. The minimum absolute atomic E-state index is 0.222. The summed E-state index contributed by atoms with van der Waals surface area (Å²) in [6.07, 6.45) is 2.53. The summed E-state index contributed by atoms with van der Waals surface area (Å²) in [5, 5.41) is 6.77. The molecule has 162 valence electrons. The van der Waals surface area contributed by atoms with Crippen LogP contribution < -0.4 is 15.4 Å². The van der Waals surface area contributed by atoms with Crippen molar-refractivity contribution in [1.29, 1.82) is 0 Å². The summed E-state index contributed by atoms with van der Waals surface area (Å²) in [6.45, 7) is 8.69. The summed E-state index contributed by atoms with van der Waals surface area (Å²) < 4.78 is 5.78. The third-order valence-electron chi connectivity index (χ3n) is 4.89. The Morgan fingerprint density at radius 2 is 2.03 bits per heavy atom. The first-order valence-corrected chi connectivity index (χ1v) is 10.7. The van der Waals surface area contributed by atoms with Crippen molar-refractivity contribution in [1.82, 2.24) is 20.4 Å². The van der Waals surface area contributed by atoms with Gasteiger partial charge in [-0.05, 0) is 51.6 Å². The summed E-state index contributed by atoms with van der Waals surface area (Å²) in [5.74, 6) is 1.92. The Kier molecular flexibility index (Phi) is 9.77. The van der Waals surface area contributed by atoms with Crippen LogP contribution in [-0.2, 0) is 11.3 Å². The number of guanidine groups is 1. The van der Waals surface area contributed by atoms with Crippen LogP contribution in [0.25, 0.3) is 0 Å². The maximum atomic E-state index is 11.9. The van der Waals surface area contributed by atoms with E-state index in [1.54, 1.807) is 0 Å². The highest BCUT2D eigenvalue weighted by atomic mass is 16.5.